The van der Waals surface area contributed by atoms with Crippen LogP contribution in [-0.4, -0.2) is 38.2 Å². The summed E-state index contributed by atoms with van der Waals surface area (Å²) in [5, 5.41) is 2.44. The summed E-state index contributed by atoms with van der Waals surface area (Å²) in [5.74, 6) is -1.96. The largest absolute Gasteiger partial charge is 0.465 e. The number of esters is 2. The molecular formula is C18H15F2NO6. The van der Waals surface area contributed by atoms with Gasteiger partial charge in [0.25, 0.3) is 5.91 Å². The number of amides is 1. The Morgan fingerprint density at radius 2 is 1.48 bits per heavy atom. The molecule has 0 aliphatic carbocycles. The summed E-state index contributed by atoms with van der Waals surface area (Å²) in [6.45, 7) is -3.49. The number of nitrogens with one attached hydrogen (secondary N) is 1. The summed E-state index contributed by atoms with van der Waals surface area (Å²) in [7, 11) is 1.24. The van der Waals surface area contributed by atoms with Gasteiger partial charge in [0, 0.05) is 5.69 Å². The zero-order chi connectivity index (χ0) is 19.8. The number of rotatable bonds is 7. The van der Waals surface area contributed by atoms with Crippen molar-refractivity contribution in [1.82, 2.24) is 0 Å². The quantitative estimate of drug-likeness (QED) is 0.744. The lowest BCUT2D eigenvalue weighted by atomic mass is 10.1. The molecule has 0 unspecified atom stereocenters. The van der Waals surface area contributed by atoms with E-state index in [1.54, 1.807) is 0 Å². The first-order valence-corrected chi connectivity index (χ1v) is 7.59. The van der Waals surface area contributed by atoms with Crippen LogP contribution in [0.5, 0.6) is 5.75 Å². The van der Waals surface area contributed by atoms with Crippen molar-refractivity contribution in [3.05, 3.63) is 59.7 Å². The lowest BCUT2D eigenvalue weighted by Crippen LogP contribution is -2.21. The van der Waals surface area contributed by atoms with Crippen LogP contribution in [0.15, 0.2) is 48.5 Å². The third-order valence-electron chi connectivity index (χ3n) is 3.24. The predicted molar refractivity (Wildman–Crippen MR) is 89.8 cm³/mol. The predicted octanol–water partition coefficient (Wildman–Crippen LogP) is 2.87. The Labute approximate surface area is 152 Å². The number of carbonyl (C=O) groups excluding carboxylic acids is 3. The van der Waals surface area contributed by atoms with E-state index in [0.29, 0.717) is 5.69 Å². The summed E-state index contributed by atoms with van der Waals surface area (Å²) in [6, 6.07) is 10.8. The van der Waals surface area contributed by atoms with E-state index >= 15 is 0 Å². The molecule has 0 spiro atoms. The first-order valence-electron chi connectivity index (χ1n) is 7.59. The van der Waals surface area contributed by atoms with Gasteiger partial charge in [0.2, 0.25) is 0 Å². The van der Waals surface area contributed by atoms with E-state index in [9.17, 15) is 23.2 Å². The summed E-state index contributed by atoms with van der Waals surface area (Å²) >= 11 is 0. The average molecular weight is 379 g/mol. The number of ether oxygens (including phenoxy) is 3. The normalized spacial score (nSPS) is 10.2. The minimum atomic E-state index is -2.94. The fourth-order valence-electron chi connectivity index (χ4n) is 1.99. The highest BCUT2D eigenvalue weighted by molar-refractivity contribution is 5.96. The molecule has 2 aromatic carbocycles. The van der Waals surface area contributed by atoms with Gasteiger partial charge in [-0.1, -0.05) is 0 Å². The molecule has 0 heterocycles. The van der Waals surface area contributed by atoms with Gasteiger partial charge in [-0.3, -0.25) is 4.79 Å². The van der Waals surface area contributed by atoms with Crippen molar-refractivity contribution < 1.29 is 37.4 Å². The van der Waals surface area contributed by atoms with Gasteiger partial charge < -0.3 is 19.5 Å². The van der Waals surface area contributed by atoms with Crippen LogP contribution in [0.4, 0.5) is 14.5 Å². The number of benzene rings is 2. The van der Waals surface area contributed by atoms with E-state index in [1.807, 2.05) is 0 Å². The van der Waals surface area contributed by atoms with Crippen molar-refractivity contribution >= 4 is 23.5 Å². The Morgan fingerprint density at radius 3 is 2.00 bits per heavy atom. The molecule has 1 N–H and O–H groups in total. The molecular weight excluding hydrogens is 364 g/mol. The molecule has 142 valence electrons. The molecule has 0 atom stereocenters. The van der Waals surface area contributed by atoms with Crippen molar-refractivity contribution in [2.45, 2.75) is 6.61 Å². The standard InChI is InChI=1S/C18H15F2NO6/c1-25-16(23)11-2-4-12(5-3-11)17(24)26-10-15(22)21-13-6-8-14(9-7-13)27-18(19)20/h2-9,18H,10H2,1H3,(H,21,22). The highest BCUT2D eigenvalue weighted by atomic mass is 19.3. The molecule has 0 saturated carbocycles. The van der Waals surface area contributed by atoms with E-state index in [0.717, 1.165) is 0 Å². The molecule has 0 fully saturated rings. The van der Waals surface area contributed by atoms with Gasteiger partial charge in [-0.15, -0.1) is 0 Å². The summed E-state index contributed by atoms with van der Waals surface area (Å²) in [4.78, 5) is 35.0. The molecule has 27 heavy (non-hydrogen) atoms. The maximum absolute atomic E-state index is 12.1. The topological polar surface area (TPSA) is 90.9 Å². The van der Waals surface area contributed by atoms with Crippen LogP contribution in [0.1, 0.15) is 20.7 Å². The SMILES string of the molecule is COC(=O)c1ccc(C(=O)OCC(=O)Nc2ccc(OC(F)F)cc2)cc1. The van der Waals surface area contributed by atoms with E-state index < -0.39 is 31.1 Å². The number of hydrogen-bond acceptors (Lipinski definition) is 6. The zero-order valence-corrected chi connectivity index (χ0v) is 14.1. The first kappa shape index (κ1) is 19.8. The van der Waals surface area contributed by atoms with E-state index in [2.05, 4.69) is 14.8 Å². The molecule has 7 nitrogen and oxygen atoms in total. The molecule has 0 aliphatic rings. The van der Waals surface area contributed by atoms with Gasteiger partial charge in [-0.05, 0) is 48.5 Å². The van der Waals surface area contributed by atoms with Crippen molar-refractivity contribution in [3.63, 3.8) is 0 Å². The molecule has 9 heteroatoms. The van der Waals surface area contributed by atoms with Crippen LogP contribution >= 0.6 is 0 Å². The maximum Gasteiger partial charge on any atom is 0.387 e. The molecule has 0 bridgehead atoms. The van der Waals surface area contributed by atoms with Gasteiger partial charge in [0.1, 0.15) is 5.75 Å². The third kappa shape index (κ3) is 6.07. The van der Waals surface area contributed by atoms with Crippen molar-refractivity contribution in [2.75, 3.05) is 19.0 Å². The number of anilines is 1. The third-order valence-corrected chi connectivity index (χ3v) is 3.24. The van der Waals surface area contributed by atoms with Gasteiger partial charge in [-0.25, -0.2) is 9.59 Å². The highest BCUT2D eigenvalue weighted by Crippen LogP contribution is 2.17. The van der Waals surface area contributed by atoms with Crippen LogP contribution in [0.3, 0.4) is 0 Å². The van der Waals surface area contributed by atoms with Crippen LogP contribution in [0.2, 0.25) is 0 Å². The number of hydrogen-bond donors (Lipinski definition) is 1. The van der Waals surface area contributed by atoms with Crippen molar-refractivity contribution in [2.24, 2.45) is 0 Å². The summed E-state index contributed by atoms with van der Waals surface area (Å²) in [5.41, 5.74) is 0.745. The van der Waals surface area contributed by atoms with E-state index in [4.69, 9.17) is 4.74 Å². The molecule has 1 amide bonds. The fraction of sp³-hybridized carbons (Fsp3) is 0.167. The lowest BCUT2D eigenvalue weighted by molar-refractivity contribution is -0.119. The van der Waals surface area contributed by atoms with E-state index in [1.165, 1.54) is 55.6 Å². The van der Waals surface area contributed by atoms with Crippen LogP contribution in [0, 0.1) is 0 Å². The van der Waals surface area contributed by atoms with Crippen molar-refractivity contribution in [1.29, 1.82) is 0 Å². The smallest absolute Gasteiger partial charge is 0.387 e. The molecule has 0 saturated heterocycles. The van der Waals surface area contributed by atoms with Gasteiger partial charge in [-0.2, -0.15) is 8.78 Å². The molecule has 2 aromatic rings. The number of halogens is 2. The second-order valence-electron chi connectivity index (χ2n) is 5.10. The monoisotopic (exact) mass is 379 g/mol. The number of alkyl halides is 2. The molecule has 0 radical (unpaired) electrons. The van der Waals surface area contributed by atoms with Gasteiger partial charge in [0.05, 0.1) is 18.2 Å². The van der Waals surface area contributed by atoms with Crippen molar-refractivity contribution in [3.8, 4) is 5.75 Å². The minimum absolute atomic E-state index is 0.0511. The lowest BCUT2D eigenvalue weighted by Gasteiger charge is -2.08. The van der Waals surface area contributed by atoms with Crippen LogP contribution in [-0.2, 0) is 14.3 Å². The van der Waals surface area contributed by atoms with Gasteiger partial charge in [0.15, 0.2) is 6.61 Å². The van der Waals surface area contributed by atoms with E-state index in [-0.39, 0.29) is 16.9 Å². The second kappa shape index (κ2) is 9.27. The minimum Gasteiger partial charge on any atom is -0.465 e. The molecule has 2 rings (SSSR count). The average Bonchev–Trinajstić information content (AvgIpc) is 2.66. The second-order valence-corrected chi connectivity index (χ2v) is 5.10. The number of methoxy groups -OCH3 is 1. The fourth-order valence-corrected chi connectivity index (χ4v) is 1.99. The van der Waals surface area contributed by atoms with Crippen LogP contribution in [0.25, 0.3) is 0 Å². The maximum atomic E-state index is 12.1. The molecule has 0 aliphatic heterocycles. The Hall–Kier alpha value is -3.49. The van der Waals surface area contributed by atoms with Gasteiger partial charge >= 0.3 is 18.6 Å². The Morgan fingerprint density at radius 1 is 0.926 bits per heavy atom. The zero-order valence-electron chi connectivity index (χ0n) is 14.1. The Bertz CT molecular complexity index is 806. The Kier molecular flexibility index (Phi) is 6.81. The number of carbonyl (C=O) groups is 3. The van der Waals surface area contributed by atoms with Crippen LogP contribution < -0.4 is 10.1 Å². The highest BCUT2D eigenvalue weighted by Gasteiger charge is 2.12. The summed E-state index contributed by atoms with van der Waals surface area (Å²) < 4.78 is 37.7. The summed E-state index contributed by atoms with van der Waals surface area (Å²) in [6.07, 6.45) is 0. The first-order chi connectivity index (χ1) is 12.9. The Balaban J connectivity index is 1.84. The molecule has 0 aromatic heterocycles.